The molecule has 0 aromatic heterocycles. The molecule has 20 heavy (non-hydrogen) atoms. The summed E-state index contributed by atoms with van der Waals surface area (Å²) in [5.74, 6) is -1.94. The van der Waals surface area contributed by atoms with Crippen molar-refractivity contribution in [2.45, 2.75) is 31.7 Å². The number of nitrogens with one attached hydrogen (secondary N) is 1. The molecule has 0 aliphatic heterocycles. The van der Waals surface area contributed by atoms with Crippen LogP contribution in [0.3, 0.4) is 0 Å². The van der Waals surface area contributed by atoms with Crippen molar-refractivity contribution in [3.05, 3.63) is 29.3 Å². The van der Waals surface area contributed by atoms with Crippen LogP contribution in [0.1, 0.15) is 25.0 Å². The summed E-state index contributed by atoms with van der Waals surface area (Å²) in [6, 6.07) is 5.45. The fraction of sp³-hybridized carbons (Fsp3) is 0.385. The van der Waals surface area contributed by atoms with E-state index in [9.17, 15) is 13.2 Å². The molecule has 108 valence electrons. The minimum Gasteiger partial charge on any atom is -0.481 e. The molecule has 0 spiro atoms. The first-order valence-electron chi connectivity index (χ1n) is 5.95. The summed E-state index contributed by atoms with van der Waals surface area (Å²) in [4.78, 5) is 10.8. The minimum absolute atomic E-state index is 0.0130. The van der Waals surface area contributed by atoms with E-state index in [0.717, 1.165) is 0 Å². The lowest BCUT2D eigenvalue weighted by Gasteiger charge is -2.18. The number of carbonyl (C=O) groups is 1. The Bertz CT molecular complexity index is 661. The van der Waals surface area contributed by atoms with E-state index in [4.69, 9.17) is 10.4 Å². The molecule has 1 rings (SSSR count). The molecule has 6 nitrogen and oxygen atoms in total. The molecule has 1 aromatic rings. The predicted octanol–water partition coefficient (Wildman–Crippen LogP) is 1.25. The van der Waals surface area contributed by atoms with E-state index in [1.807, 2.05) is 6.07 Å². The normalized spacial score (nSPS) is 14.3. The van der Waals surface area contributed by atoms with Crippen molar-refractivity contribution in [2.24, 2.45) is 5.92 Å². The first-order chi connectivity index (χ1) is 9.19. The number of aliphatic carboxylic acids is 1. The number of rotatable bonds is 5. The molecular formula is C13H16N2O4S. The number of sulfonamides is 1. The maximum atomic E-state index is 12.2. The smallest absolute Gasteiger partial charge is 0.307 e. The molecule has 0 saturated heterocycles. The summed E-state index contributed by atoms with van der Waals surface area (Å²) < 4.78 is 26.8. The molecular weight excluding hydrogens is 280 g/mol. The Labute approximate surface area is 118 Å². The fourth-order valence-electron chi connectivity index (χ4n) is 1.58. The average molecular weight is 296 g/mol. The Morgan fingerprint density at radius 3 is 2.50 bits per heavy atom. The molecule has 0 amide bonds. The van der Waals surface area contributed by atoms with Gasteiger partial charge in [0.05, 0.1) is 22.4 Å². The topological polar surface area (TPSA) is 107 Å². The molecule has 0 radical (unpaired) electrons. The van der Waals surface area contributed by atoms with Gasteiger partial charge in [-0.25, -0.2) is 13.1 Å². The lowest BCUT2D eigenvalue weighted by Crippen LogP contribution is -2.40. The lowest BCUT2D eigenvalue weighted by molar-refractivity contribution is -0.141. The lowest BCUT2D eigenvalue weighted by atomic mass is 10.1. The van der Waals surface area contributed by atoms with Gasteiger partial charge in [-0.1, -0.05) is 13.0 Å². The zero-order valence-corrected chi connectivity index (χ0v) is 12.2. The second kappa shape index (κ2) is 6.03. The van der Waals surface area contributed by atoms with Gasteiger partial charge >= 0.3 is 5.97 Å². The van der Waals surface area contributed by atoms with Gasteiger partial charge in [0.1, 0.15) is 0 Å². The van der Waals surface area contributed by atoms with Crippen LogP contribution in [-0.2, 0) is 14.8 Å². The third kappa shape index (κ3) is 3.56. The van der Waals surface area contributed by atoms with Crippen LogP contribution in [0, 0.1) is 24.2 Å². The zero-order valence-electron chi connectivity index (χ0n) is 11.4. The largest absolute Gasteiger partial charge is 0.481 e. The van der Waals surface area contributed by atoms with Crippen molar-refractivity contribution in [2.75, 3.05) is 0 Å². The number of nitriles is 1. The van der Waals surface area contributed by atoms with Crippen molar-refractivity contribution in [1.82, 2.24) is 4.72 Å². The van der Waals surface area contributed by atoms with Gasteiger partial charge < -0.3 is 5.11 Å². The molecule has 0 heterocycles. The maximum Gasteiger partial charge on any atom is 0.307 e. The van der Waals surface area contributed by atoms with E-state index in [1.54, 1.807) is 13.0 Å². The van der Waals surface area contributed by atoms with Crippen LogP contribution in [0.2, 0.25) is 0 Å². The third-order valence-corrected chi connectivity index (χ3v) is 4.79. The number of carboxylic acid groups (broad SMARTS) is 1. The fourth-order valence-corrected chi connectivity index (χ4v) is 3.18. The highest BCUT2D eigenvalue weighted by Crippen LogP contribution is 2.18. The van der Waals surface area contributed by atoms with E-state index in [1.165, 1.54) is 26.0 Å². The van der Waals surface area contributed by atoms with E-state index in [0.29, 0.717) is 5.56 Å². The number of benzene rings is 1. The zero-order chi connectivity index (χ0) is 15.5. The second-order valence-electron chi connectivity index (χ2n) is 4.63. The Morgan fingerprint density at radius 1 is 1.40 bits per heavy atom. The van der Waals surface area contributed by atoms with Crippen molar-refractivity contribution in [1.29, 1.82) is 5.26 Å². The van der Waals surface area contributed by atoms with Crippen molar-refractivity contribution in [3.8, 4) is 6.07 Å². The monoisotopic (exact) mass is 296 g/mol. The quantitative estimate of drug-likeness (QED) is 0.850. The molecule has 1 aromatic carbocycles. The van der Waals surface area contributed by atoms with E-state index < -0.39 is 28.0 Å². The van der Waals surface area contributed by atoms with Crippen molar-refractivity contribution in [3.63, 3.8) is 0 Å². The molecule has 0 saturated carbocycles. The molecule has 7 heteroatoms. The SMILES string of the molecule is Cc1ccc(C#N)cc1S(=O)(=O)NC(C)C(C)C(=O)O. The number of hydrogen-bond donors (Lipinski definition) is 2. The summed E-state index contributed by atoms with van der Waals surface area (Å²) in [5.41, 5.74) is 0.724. The van der Waals surface area contributed by atoms with E-state index >= 15 is 0 Å². The molecule has 2 atom stereocenters. The first-order valence-corrected chi connectivity index (χ1v) is 7.43. The number of aryl methyl sites for hydroxylation is 1. The van der Waals surface area contributed by atoms with Crippen LogP contribution in [0.25, 0.3) is 0 Å². The van der Waals surface area contributed by atoms with Gasteiger partial charge in [0.15, 0.2) is 0 Å². The highest BCUT2D eigenvalue weighted by atomic mass is 32.2. The average Bonchev–Trinajstić information content (AvgIpc) is 2.37. The van der Waals surface area contributed by atoms with Gasteiger partial charge in [-0.15, -0.1) is 0 Å². The van der Waals surface area contributed by atoms with Gasteiger partial charge in [-0.2, -0.15) is 5.26 Å². The Balaban J connectivity index is 3.12. The maximum absolute atomic E-state index is 12.2. The predicted molar refractivity (Wildman–Crippen MR) is 72.5 cm³/mol. The van der Waals surface area contributed by atoms with Gasteiger partial charge in [0, 0.05) is 6.04 Å². The number of carboxylic acids is 1. The van der Waals surface area contributed by atoms with E-state index in [2.05, 4.69) is 4.72 Å². The Morgan fingerprint density at radius 2 is 2.00 bits per heavy atom. The first kappa shape index (κ1) is 16.1. The van der Waals surface area contributed by atoms with Gasteiger partial charge in [0.2, 0.25) is 10.0 Å². The van der Waals surface area contributed by atoms with Crippen LogP contribution >= 0.6 is 0 Å². The minimum atomic E-state index is -3.87. The third-order valence-electron chi connectivity index (χ3n) is 3.09. The highest BCUT2D eigenvalue weighted by Gasteiger charge is 2.26. The van der Waals surface area contributed by atoms with Crippen molar-refractivity contribution >= 4 is 16.0 Å². The molecule has 0 aliphatic rings. The standard InChI is InChI=1S/C13H16N2O4S/c1-8-4-5-11(7-14)6-12(8)20(18,19)15-10(3)9(2)13(16)17/h4-6,9-10,15H,1-3H3,(H,16,17). The van der Waals surface area contributed by atoms with Crippen LogP contribution in [-0.4, -0.2) is 25.5 Å². The number of nitrogens with zero attached hydrogens (tertiary/aromatic N) is 1. The summed E-state index contributed by atoms with van der Waals surface area (Å²) in [7, 11) is -3.87. The number of hydrogen-bond acceptors (Lipinski definition) is 4. The van der Waals surface area contributed by atoms with Crippen molar-refractivity contribution < 1.29 is 18.3 Å². The highest BCUT2D eigenvalue weighted by molar-refractivity contribution is 7.89. The summed E-state index contributed by atoms with van der Waals surface area (Å²) in [5, 5.41) is 17.7. The van der Waals surface area contributed by atoms with Gasteiger partial charge in [0.25, 0.3) is 0 Å². The van der Waals surface area contributed by atoms with Crippen LogP contribution < -0.4 is 4.72 Å². The van der Waals surface area contributed by atoms with Crippen LogP contribution in [0.15, 0.2) is 23.1 Å². The molecule has 0 fully saturated rings. The molecule has 0 bridgehead atoms. The molecule has 0 aliphatic carbocycles. The van der Waals surface area contributed by atoms with Gasteiger partial charge in [-0.05, 0) is 31.5 Å². The Hall–Kier alpha value is -1.91. The van der Waals surface area contributed by atoms with Crippen LogP contribution in [0.5, 0.6) is 0 Å². The molecule has 2 N–H and O–H groups in total. The van der Waals surface area contributed by atoms with E-state index in [-0.39, 0.29) is 10.5 Å². The summed E-state index contributed by atoms with van der Waals surface area (Å²) in [6.45, 7) is 4.52. The van der Waals surface area contributed by atoms with Gasteiger partial charge in [-0.3, -0.25) is 4.79 Å². The van der Waals surface area contributed by atoms with Crippen LogP contribution in [0.4, 0.5) is 0 Å². The Kier molecular flexibility index (Phi) is 4.87. The summed E-state index contributed by atoms with van der Waals surface area (Å²) >= 11 is 0. The summed E-state index contributed by atoms with van der Waals surface area (Å²) in [6.07, 6.45) is 0. The molecule has 2 unspecified atom stereocenters. The second-order valence-corrected chi connectivity index (χ2v) is 6.31.